The summed E-state index contributed by atoms with van der Waals surface area (Å²) in [7, 11) is 0. The average molecular weight is 163 g/mol. The highest BCUT2D eigenvalue weighted by molar-refractivity contribution is 5.41. The first-order valence-electron chi connectivity index (χ1n) is 4.15. The Balaban J connectivity index is 2.25. The summed E-state index contributed by atoms with van der Waals surface area (Å²) in [6, 6.07) is 0.384. The van der Waals surface area contributed by atoms with Crippen molar-refractivity contribution in [1.82, 2.24) is 10.6 Å². The second-order valence-corrected chi connectivity index (χ2v) is 3.15. The molecule has 0 aromatic heterocycles. The minimum Gasteiger partial charge on any atom is -0.365 e. The molecule has 64 valence electrons. The lowest BCUT2D eigenvalue weighted by molar-refractivity contribution is 0.582. The summed E-state index contributed by atoms with van der Waals surface area (Å²) < 4.78 is 0. The number of hydrogen-bond acceptors (Lipinski definition) is 3. The fourth-order valence-electron chi connectivity index (χ4n) is 1.38. The van der Waals surface area contributed by atoms with Crippen LogP contribution in [0, 0.1) is 0 Å². The van der Waals surface area contributed by atoms with Gasteiger partial charge in [0.05, 0.1) is 6.17 Å². The number of hydrogen-bond donors (Lipinski definition) is 3. The molecule has 12 heavy (non-hydrogen) atoms. The Hall–Kier alpha value is -1.22. The Kier molecular flexibility index (Phi) is 1.66. The maximum atomic E-state index is 5.69. The van der Waals surface area contributed by atoms with Gasteiger partial charge < -0.3 is 16.4 Å². The van der Waals surface area contributed by atoms with Gasteiger partial charge in [0.2, 0.25) is 0 Å². The van der Waals surface area contributed by atoms with Crippen molar-refractivity contribution in [3.05, 3.63) is 35.7 Å². The zero-order chi connectivity index (χ0) is 8.55. The van der Waals surface area contributed by atoms with E-state index in [0.717, 1.165) is 5.82 Å². The maximum Gasteiger partial charge on any atom is 0.108 e. The predicted molar refractivity (Wildman–Crippen MR) is 49.0 cm³/mol. The fraction of sp³-hybridized carbons (Fsp3) is 0.333. The molecule has 0 amide bonds. The van der Waals surface area contributed by atoms with E-state index in [9.17, 15) is 0 Å². The molecule has 0 radical (unpaired) electrons. The molecule has 0 saturated heterocycles. The minimum atomic E-state index is -0.0602. The van der Waals surface area contributed by atoms with E-state index in [-0.39, 0.29) is 6.17 Å². The van der Waals surface area contributed by atoms with Gasteiger partial charge in [-0.2, -0.15) is 0 Å². The molecule has 0 aliphatic carbocycles. The Morgan fingerprint density at radius 2 is 2.00 bits per heavy atom. The second kappa shape index (κ2) is 2.68. The third kappa shape index (κ3) is 1.23. The summed E-state index contributed by atoms with van der Waals surface area (Å²) in [6.45, 7) is 2.10. The normalized spacial score (nSPS) is 32.5. The monoisotopic (exact) mass is 163 g/mol. The summed E-state index contributed by atoms with van der Waals surface area (Å²) >= 11 is 0. The van der Waals surface area contributed by atoms with Gasteiger partial charge in [-0.25, -0.2) is 0 Å². The smallest absolute Gasteiger partial charge is 0.108 e. The van der Waals surface area contributed by atoms with Crippen molar-refractivity contribution >= 4 is 0 Å². The highest BCUT2D eigenvalue weighted by Crippen LogP contribution is 2.14. The van der Waals surface area contributed by atoms with E-state index in [2.05, 4.69) is 29.7 Å². The van der Waals surface area contributed by atoms with Gasteiger partial charge in [-0.05, 0) is 13.0 Å². The quantitative estimate of drug-likeness (QED) is 0.478. The van der Waals surface area contributed by atoms with Gasteiger partial charge in [-0.15, -0.1) is 0 Å². The van der Waals surface area contributed by atoms with Crippen LogP contribution in [-0.4, -0.2) is 12.2 Å². The summed E-state index contributed by atoms with van der Waals surface area (Å²) in [6.07, 6.45) is 8.15. The summed E-state index contributed by atoms with van der Waals surface area (Å²) in [5.74, 6) is 1.04. The van der Waals surface area contributed by atoms with Crippen LogP contribution in [0.4, 0.5) is 0 Å². The summed E-state index contributed by atoms with van der Waals surface area (Å²) in [4.78, 5) is 0. The third-order valence-corrected chi connectivity index (χ3v) is 2.02. The molecule has 2 rings (SSSR count). The van der Waals surface area contributed by atoms with E-state index in [1.165, 1.54) is 5.57 Å². The van der Waals surface area contributed by atoms with Gasteiger partial charge in [0.25, 0.3) is 0 Å². The third-order valence-electron chi connectivity index (χ3n) is 2.02. The van der Waals surface area contributed by atoms with Gasteiger partial charge in [-0.3, -0.25) is 0 Å². The van der Waals surface area contributed by atoms with Crippen LogP contribution in [0.3, 0.4) is 0 Å². The molecule has 0 aromatic rings. The maximum absolute atomic E-state index is 5.69. The number of nitrogens with one attached hydrogen (secondary N) is 2. The number of rotatable bonds is 0. The first-order valence-corrected chi connectivity index (χ1v) is 4.15. The van der Waals surface area contributed by atoms with E-state index in [1.54, 1.807) is 0 Å². The first kappa shape index (κ1) is 7.43. The van der Waals surface area contributed by atoms with Crippen molar-refractivity contribution in [2.24, 2.45) is 5.73 Å². The zero-order valence-corrected chi connectivity index (χ0v) is 7.04. The molecule has 4 N–H and O–H groups in total. The molecule has 2 aliphatic heterocycles. The highest BCUT2D eigenvalue weighted by Gasteiger charge is 2.14. The van der Waals surface area contributed by atoms with Crippen LogP contribution in [0.15, 0.2) is 35.7 Å². The number of dihydropyridines is 2. The molecule has 2 heterocycles. The molecule has 0 fully saturated rings. The van der Waals surface area contributed by atoms with Crippen molar-refractivity contribution in [2.75, 3.05) is 0 Å². The van der Waals surface area contributed by atoms with Crippen LogP contribution < -0.4 is 16.4 Å². The van der Waals surface area contributed by atoms with Crippen molar-refractivity contribution in [2.45, 2.75) is 19.1 Å². The van der Waals surface area contributed by atoms with Crippen LogP contribution in [0.5, 0.6) is 0 Å². The molecule has 3 heteroatoms. The van der Waals surface area contributed by atoms with Gasteiger partial charge in [0, 0.05) is 11.6 Å². The lowest BCUT2D eigenvalue weighted by Gasteiger charge is -2.27. The second-order valence-electron chi connectivity index (χ2n) is 3.15. The van der Waals surface area contributed by atoms with Gasteiger partial charge >= 0.3 is 0 Å². The highest BCUT2D eigenvalue weighted by atomic mass is 15.2. The van der Waals surface area contributed by atoms with E-state index in [4.69, 9.17) is 5.73 Å². The predicted octanol–water partition coefficient (Wildman–Crippen LogP) is 0.190. The molecular formula is C9H13N3. The van der Waals surface area contributed by atoms with Crippen LogP contribution >= 0.6 is 0 Å². The Morgan fingerprint density at radius 1 is 1.25 bits per heavy atom. The molecule has 0 spiro atoms. The van der Waals surface area contributed by atoms with E-state index < -0.39 is 0 Å². The largest absolute Gasteiger partial charge is 0.365 e. The molecule has 3 nitrogen and oxygen atoms in total. The number of nitrogens with two attached hydrogens (primary N) is 1. The number of allylic oxidation sites excluding steroid dienone is 3. The molecule has 0 aromatic carbocycles. The Morgan fingerprint density at radius 3 is 2.83 bits per heavy atom. The average Bonchev–Trinajstić information content (AvgIpc) is 2.03. The van der Waals surface area contributed by atoms with Crippen molar-refractivity contribution < 1.29 is 0 Å². The molecular weight excluding hydrogens is 150 g/mol. The molecule has 0 saturated carbocycles. The van der Waals surface area contributed by atoms with Gasteiger partial charge in [0.15, 0.2) is 0 Å². The van der Waals surface area contributed by atoms with Crippen LogP contribution in [0.25, 0.3) is 0 Å². The molecule has 2 unspecified atom stereocenters. The fourth-order valence-corrected chi connectivity index (χ4v) is 1.38. The lowest BCUT2D eigenvalue weighted by atomic mass is 10.1. The van der Waals surface area contributed by atoms with E-state index in [0.29, 0.717) is 6.04 Å². The standard InChI is InChI=1S/C9H13N3/c1-6-2-3-7-4-5-8(10)12-9(7)11-6/h2-6,8,11-12H,10H2,1H3. The Labute approximate surface area is 72.0 Å². The van der Waals surface area contributed by atoms with Gasteiger partial charge in [0.1, 0.15) is 5.82 Å². The first-order chi connectivity index (χ1) is 5.75. The van der Waals surface area contributed by atoms with E-state index in [1.807, 2.05) is 12.2 Å². The van der Waals surface area contributed by atoms with Crippen molar-refractivity contribution in [3.8, 4) is 0 Å². The van der Waals surface area contributed by atoms with Crippen molar-refractivity contribution in [1.29, 1.82) is 0 Å². The molecule has 2 aliphatic rings. The lowest BCUT2D eigenvalue weighted by Crippen LogP contribution is -2.45. The van der Waals surface area contributed by atoms with Crippen LogP contribution in [-0.2, 0) is 0 Å². The van der Waals surface area contributed by atoms with Crippen LogP contribution in [0.1, 0.15) is 6.92 Å². The molecule has 2 atom stereocenters. The Bertz CT molecular complexity index is 249. The zero-order valence-electron chi connectivity index (χ0n) is 7.04. The van der Waals surface area contributed by atoms with E-state index >= 15 is 0 Å². The van der Waals surface area contributed by atoms with Crippen LogP contribution in [0.2, 0.25) is 0 Å². The van der Waals surface area contributed by atoms with Gasteiger partial charge in [-0.1, -0.05) is 18.2 Å². The molecule has 0 bridgehead atoms. The SMILES string of the molecule is CC1C=CC2=C(N1)NC(N)C=C2. The topological polar surface area (TPSA) is 50.1 Å². The minimum absolute atomic E-state index is 0.0602. The van der Waals surface area contributed by atoms with Crippen molar-refractivity contribution in [3.63, 3.8) is 0 Å². The summed E-state index contributed by atoms with van der Waals surface area (Å²) in [5.41, 5.74) is 6.87. The summed E-state index contributed by atoms with van der Waals surface area (Å²) in [5, 5.41) is 6.46.